The first kappa shape index (κ1) is 19.5. The number of ether oxygens (including phenoxy) is 2. The van der Waals surface area contributed by atoms with E-state index in [-0.39, 0.29) is 24.5 Å². The fraction of sp³-hybridized carbons (Fsp3) is 0.409. The molecule has 3 heterocycles. The van der Waals surface area contributed by atoms with Crippen LogP contribution in [-0.2, 0) is 27.2 Å². The predicted octanol–water partition coefficient (Wildman–Crippen LogP) is 1.72. The van der Waals surface area contributed by atoms with E-state index < -0.39 is 0 Å². The van der Waals surface area contributed by atoms with Gasteiger partial charge in [0.15, 0.2) is 0 Å². The Bertz CT molecular complexity index is 894. The number of nitrogens with one attached hydrogen (secondary N) is 1. The number of likely N-dealkylation sites (tertiary alicyclic amines) is 1. The van der Waals surface area contributed by atoms with Gasteiger partial charge in [-0.1, -0.05) is 30.3 Å². The van der Waals surface area contributed by atoms with E-state index >= 15 is 0 Å². The average Bonchev–Trinajstić information content (AvgIpc) is 3.10. The van der Waals surface area contributed by atoms with E-state index in [4.69, 9.17) is 9.47 Å². The second kappa shape index (κ2) is 8.71. The lowest BCUT2D eigenvalue weighted by atomic mass is 10.1. The average molecular weight is 394 g/mol. The maximum absolute atomic E-state index is 12.6. The molecule has 1 aromatic heterocycles. The fourth-order valence-corrected chi connectivity index (χ4v) is 3.73. The summed E-state index contributed by atoms with van der Waals surface area (Å²) in [7, 11) is 3.37. The van der Waals surface area contributed by atoms with E-state index in [2.05, 4.69) is 20.2 Å². The van der Waals surface area contributed by atoms with Crippen LogP contribution in [0.2, 0.25) is 0 Å². The number of aliphatic imine (C=N–C) groups is 1. The van der Waals surface area contributed by atoms with Crippen LogP contribution >= 0.6 is 0 Å². The molecule has 1 amide bonds. The summed E-state index contributed by atoms with van der Waals surface area (Å²) in [5, 5.41) is 3.05. The van der Waals surface area contributed by atoms with Crippen molar-refractivity contribution < 1.29 is 14.3 Å². The van der Waals surface area contributed by atoms with Crippen molar-refractivity contribution in [1.82, 2.24) is 15.2 Å². The Morgan fingerprint density at radius 2 is 2.07 bits per heavy atom. The highest BCUT2D eigenvalue weighted by molar-refractivity contribution is 6.02. The number of aromatic nitrogens is 1. The van der Waals surface area contributed by atoms with Gasteiger partial charge in [-0.15, -0.1) is 0 Å². The highest BCUT2D eigenvalue weighted by Crippen LogP contribution is 2.25. The summed E-state index contributed by atoms with van der Waals surface area (Å²) in [6.07, 6.45) is 2.35. The summed E-state index contributed by atoms with van der Waals surface area (Å²) in [6.45, 7) is 2.77. The Morgan fingerprint density at radius 3 is 2.79 bits per heavy atom. The molecule has 0 saturated carbocycles. The highest BCUT2D eigenvalue weighted by atomic mass is 16.5. The zero-order chi connectivity index (χ0) is 20.2. The van der Waals surface area contributed by atoms with Gasteiger partial charge < -0.3 is 19.7 Å². The number of benzene rings is 1. The van der Waals surface area contributed by atoms with Crippen LogP contribution in [0.1, 0.15) is 28.4 Å². The number of amides is 1. The molecule has 152 valence electrons. The second-order valence-electron chi connectivity index (χ2n) is 7.40. The molecule has 1 N–H and O–H groups in total. The first-order valence-corrected chi connectivity index (χ1v) is 9.81. The molecule has 0 unspecified atom stereocenters. The molecule has 29 heavy (non-hydrogen) atoms. The third kappa shape index (κ3) is 4.31. The highest BCUT2D eigenvalue weighted by Gasteiger charge is 2.32. The Labute approximate surface area is 170 Å². The summed E-state index contributed by atoms with van der Waals surface area (Å²) in [5.41, 5.74) is 3.95. The Morgan fingerprint density at radius 1 is 1.28 bits per heavy atom. The van der Waals surface area contributed by atoms with Crippen molar-refractivity contribution in [2.45, 2.75) is 25.1 Å². The molecule has 7 nitrogen and oxygen atoms in total. The van der Waals surface area contributed by atoms with Gasteiger partial charge in [0.25, 0.3) is 0 Å². The number of hydrogen-bond donors (Lipinski definition) is 1. The molecular formula is C22H26N4O3. The van der Waals surface area contributed by atoms with E-state index in [1.54, 1.807) is 14.2 Å². The first-order chi connectivity index (χ1) is 14.2. The predicted molar refractivity (Wildman–Crippen MR) is 110 cm³/mol. The summed E-state index contributed by atoms with van der Waals surface area (Å²) in [4.78, 5) is 24.0. The molecule has 1 saturated heterocycles. The van der Waals surface area contributed by atoms with E-state index in [0.29, 0.717) is 13.2 Å². The van der Waals surface area contributed by atoms with Crippen molar-refractivity contribution in [2.75, 3.05) is 33.9 Å². The zero-order valence-electron chi connectivity index (χ0n) is 16.8. The summed E-state index contributed by atoms with van der Waals surface area (Å²) >= 11 is 0. The van der Waals surface area contributed by atoms with Crippen molar-refractivity contribution >= 4 is 11.7 Å². The van der Waals surface area contributed by atoms with Crippen LogP contribution in [0.5, 0.6) is 0 Å². The van der Waals surface area contributed by atoms with Gasteiger partial charge in [-0.25, -0.2) is 0 Å². The molecule has 2 aromatic rings. The molecule has 1 atom stereocenters. The standard InChI is InChI=1S/C22H26N4O3/c1-28-14-20(15-6-4-3-5-7-15)25-21(27)9-17-8-16-10-24-22(19(16)11-23-17)26-12-18(13-26)29-2/h3-8,11,18,20H,9-10,12-14H2,1-2H3,(H,25,27)/t20-/m1/s1. The van der Waals surface area contributed by atoms with E-state index in [1.807, 2.05) is 42.6 Å². The lowest BCUT2D eigenvalue weighted by molar-refractivity contribution is -0.121. The maximum Gasteiger partial charge on any atom is 0.226 e. The Kier molecular flexibility index (Phi) is 5.87. The number of amidine groups is 1. The minimum Gasteiger partial charge on any atom is -0.382 e. The van der Waals surface area contributed by atoms with Crippen LogP contribution in [-0.4, -0.2) is 61.6 Å². The molecule has 0 spiro atoms. The lowest BCUT2D eigenvalue weighted by Gasteiger charge is -2.39. The molecule has 2 aliphatic rings. The van der Waals surface area contributed by atoms with Crippen molar-refractivity contribution in [3.05, 3.63) is 65.0 Å². The van der Waals surface area contributed by atoms with E-state index in [1.165, 1.54) is 0 Å². The third-order valence-corrected chi connectivity index (χ3v) is 5.38. The number of carbonyl (C=O) groups excluding carboxylic acids is 1. The smallest absolute Gasteiger partial charge is 0.226 e. The van der Waals surface area contributed by atoms with Crippen LogP contribution in [0.3, 0.4) is 0 Å². The Balaban J connectivity index is 1.38. The maximum atomic E-state index is 12.6. The molecule has 1 fully saturated rings. The topological polar surface area (TPSA) is 76.0 Å². The van der Waals surface area contributed by atoms with Crippen LogP contribution in [0, 0.1) is 0 Å². The van der Waals surface area contributed by atoms with Crippen LogP contribution in [0.15, 0.2) is 47.6 Å². The van der Waals surface area contributed by atoms with Crippen LogP contribution in [0.25, 0.3) is 0 Å². The van der Waals surface area contributed by atoms with Gasteiger partial charge in [-0.05, 0) is 17.2 Å². The number of nitrogens with zero attached hydrogens (tertiary/aromatic N) is 3. The minimum atomic E-state index is -0.182. The number of rotatable bonds is 7. The van der Waals surface area contributed by atoms with Gasteiger partial charge in [0, 0.05) is 39.1 Å². The minimum absolute atomic E-state index is 0.0758. The SMILES string of the molecule is COC[C@@H](NC(=O)Cc1cc2c(cn1)C(N1CC(OC)C1)=NC2)c1ccccc1. The molecule has 0 bridgehead atoms. The second-order valence-corrected chi connectivity index (χ2v) is 7.40. The summed E-state index contributed by atoms with van der Waals surface area (Å²) in [5.74, 6) is 0.911. The van der Waals surface area contributed by atoms with Gasteiger partial charge >= 0.3 is 0 Å². The number of hydrogen-bond acceptors (Lipinski definition) is 6. The zero-order valence-corrected chi connectivity index (χ0v) is 16.8. The monoisotopic (exact) mass is 394 g/mol. The number of methoxy groups -OCH3 is 2. The number of fused-ring (bicyclic) bond motifs is 1. The number of pyridine rings is 1. The van der Waals surface area contributed by atoms with Crippen LogP contribution in [0.4, 0.5) is 0 Å². The molecule has 7 heteroatoms. The molecular weight excluding hydrogens is 368 g/mol. The van der Waals surface area contributed by atoms with Crippen molar-refractivity contribution in [1.29, 1.82) is 0 Å². The van der Waals surface area contributed by atoms with Gasteiger partial charge in [0.2, 0.25) is 5.91 Å². The van der Waals surface area contributed by atoms with Gasteiger partial charge in [-0.3, -0.25) is 14.8 Å². The molecule has 1 aromatic carbocycles. The van der Waals surface area contributed by atoms with Crippen molar-refractivity contribution in [2.24, 2.45) is 4.99 Å². The van der Waals surface area contributed by atoms with Crippen molar-refractivity contribution in [3.63, 3.8) is 0 Å². The van der Waals surface area contributed by atoms with E-state index in [0.717, 1.165) is 41.3 Å². The van der Waals surface area contributed by atoms with Gasteiger partial charge in [0.05, 0.1) is 37.4 Å². The fourth-order valence-electron chi connectivity index (χ4n) is 3.73. The van der Waals surface area contributed by atoms with Gasteiger partial charge in [-0.2, -0.15) is 0 Å². The lowest BCUT2D eigenvalue weighted by Crippen LogP contribution is -2.54. The molecule has 2 aliphatic heterocycles. The normalized spacial score (nSPS) is 16.8. The number of carbonyl (C=O) groups is 1. The Hall–Kier alpha value is -2.77. The first-order valence-electron chi connectivity index (χ1n) is 9.81. The molecule has 0 radical (unpaired) electrons. The van der Waals surface area contributed by atoms with Crippen molar-refractivity contribution in [3.8, 4) is 0 Å². The quantitative estimate of drug-likeness (QED) is 0.774. The van der Waals surface area contributed by atoms with E-state index in [9.17, 15) is 4.79 Å². The van der Waals surface area contributed by atoms with Crippen LogP contribution < -0.4 is 5.32 Å². The summed E-state index contributed by atoms with van der Waals surface area (Å²) in [6, 6.07) is 11.6. The molecule has 0 aliphatic carbocycles. The third-order valence-electron chi connectivity index (χ3n) is 5.38. The largest absolute Gasteiger partial charge is 0.382 e. The summed E-state index contributed by atoms with van der Waals surface area (Å²) < 4.78 is 10.6. The van der Waals surface area contributed by atoms with Gasteiger partial charge in [0.1, 0.15) is 5.84 Å². The molecule has 4 rings (SSSR count).